The highest BCUT2D eigenvalue weighted by Gasteiger charge is 2.12. The van der Waals surface area contributed by atoms with Gasteiger partial charge in [0.1, 0.15) is 5.82 Å². The van der Waals surface area contributed by atoms with Crippen LogP contribution in [0.2, 0.25) is 0 Å². The lowest BCUT2D eigenvalue weighted by atomic mass is 10.1. The SMILES string of the molecule is COC(=O)c1cc(C)ccc1NCc1cnc(C)[nH]1. The van der Waals surface area contributed by atoms with Crippen molar-refractivity contribution in [2.45, 2.75) is 20.4 Å². The first-order chi connectivity index (χ1) is 9.10. The van der Waals surface area contributed by atoms with Crippen LogP contribution in [0.1, 0.15) is 27.4 Å². The zero-order valence-corrected chi connectivity index (χ0v) is 11.3. The Morgan fingerprint density at radius 3 is 2.84 bits per heavy atom. The van der Waals surface area contributed by atoms with Crippen molar-refractivity contribution in [3.8, 4) is 0 Å². The van der Waals surface area contributed by atoms with E-state index in [2.05, 4.69) is 15.3 Å². The summed E-state index contributed by atoms with van der Waals surface area (Å²) in [5.41, 5.74) is 3.28. The molecular weight excluding hydrogens is 242 g/mol. The minimum Gasteiger partial charge on any atom is -0.465 e. The summed E-state index contributed by atoms with van der Waals surface area (Å²) >= 11 is 0. The Bertz CT molecular complexity index is 590. The lowest BCUT2D eigenvalue weighted by Gasteiger charge is -2.10. The van der Waals surface area contributed by atoms with Crippen molar-refractivity contribution in [1.29, 1.82) is 0 Å². The van der Waals surface area contributed by atoms with Crippen molar-refractivity contribution in [3.63, 3.8) is 0 Å². The quantitative estimate of drug-likeness (QED) is 0.827. The third-order valence-electron chi connectivity index (χ3n) is 2.81. The molecule has 0 aliphatic carbocycles. The molecule has 2 N–H and O–H groups in total. The second-order valence-electron chi connectivity index (χ2n) is 4.39. The van der Waals surface area contributed by atoms with Crippen LogP contribution in [0.3, 0.4) is 0 Å². The minimum absolute atomic E-state index is 0.341. The Morgan fingerprint density at radius 1 is 1.42 bits per heavy atom. The number of aromatic nitrogens is 2. The maximum atomic E-state index is 11.7. The number of esters is 1. The van der Waals surface area contributed by atoms with E-state index in [4.69, 9.17) is 4.74 Å². The molecule has 100 valence electrons. The van der Waals surface area contributed by atoms with Gasteiger partial charge in [0, 0.05) is 5.69 Å². The van der Waals surface area contributed by atoms with Crippen molar-refractivity contribution in [1.82, 2.24) is 9.97 Å². The molecule has 0 spiro atoms. The summed E-state index contributed by atoms with van der Waals surface area (Å²) in [6.07, 6.45) is 1.77. The summed E-state index contributed by atoms with van der Waals surface area (Å²) in [5, 5.41) is 3.21. The molecule has 5 nitrogen and oxygen atoms in total. The number of carbonyl (C=O) groups excluding carboxylic acids is 1. The molecule has 0 aliphatic heterocycles. The van der Waals surface area contributed by atoms with Gasteiger partial charge in [-0.05, 0) is 26.0 Å². The van der Waals surface area contributed by atoms with Crippen molar-refractivity contribution in [3.05, 3.63) is 47.0 Å². The van der Waals surface area contributed by atoms with Gasteiger partial charge in [0.25, 0.3) is 0 Å². The van der Waals surface area contributed by atoms with Crippen LogP contribution in [-0.2, 0) is 11.3 Å². The first kappa shape index (κ1) is 13.1. The summed E-state index contributed by atoms with van der Waals surface area (Å²) in [4.78, 5) is 19.0. The number of H-pyrrole nitrogens is 1. The van der Waals surface area contributed by atoms with Gasteiger partial charge in [-0.15, -0.1) is 0 Å². The number of hydrogen-bond acceptors (Lipinski definition) is 4. The zero-order valence-electron chi connectivity index (χ0n) is 11.3. The number of aromatic amines is 1. The first-order valence-electron chi connectivity index (χ1n) is 6.03. The molecule has 1 heterocycles. The molecule has 2 rings (SSSR count). The average Bonchev–Trinajstić information content (AvgIpc) is 2.82. The molecule has 2 aromatic rings. The monoisotopic (exact) mass is 259 g/mol. The van der Waals surface area contributed by atoms with E-state index in [1.165, 1.54) is 7.11 Å². The van der Waals surface area contributed by atoms with Crippen molar-refractivity contribution >= 4 is 11.7 Å². The largest absolute Gasteiger partial charge is 0.465 e. The fraction of sp³-hybridized carbons (Fsp3) is 0.286. The third-order valence-corrected chi connectivity index (χ3v) is 2.81. The molecule has 19 heavy (non-hydrogen) atoms. The Labute approximate surface area is 112 Å². The number of benzene rings is 1. The summed E-state index contributed by atoms with van der Waals surface area (Å²) in [5.74, 6) is 0.529. The predicted octanol–water partition coefficient (Wildman–Crippen LogP) is 2.43. The van der Waals surface area contributed by atoms with E-state index in [1.807, 2.05) is 32.0 Å². The molecule has 0 saturated carbocycles. The van der Waals surface area contributed by atoms with Gasteiger partial charge >= 0.3 is 5.97 Å². The number of nitrogens with zero attached hydrogens (tertiary/aromatic N) is 1. The van der Waals surface area contributed by atoms with Crippen LogP contribution in [0.15, 0.2) is 24.4 Å². The second kappa shape index (κ2) is 5.56. The van der Waals surface area contributed by atoms with Gasteiger partial charge in [-0.3, -0.25) is 0 Å². The van der Waals surface area contributed by atoms with Crippen molar-refractivity contribution in [2.75, 3.05) is 12.4 Å². The van der Waals surface area contributed by atoms with Crippen molar-refractivity contribution in [2.24, 2.45) is 0 Å². The van der Waals surface area contributed by atoms with E-state index < -0.39 is 0 Å². The van der Waals surface area contributed by atoms with Gasteiger partial charge in [-0.2, -0.15) is 0 Å². The Hall–Kier alpha value is -2.30. The molecular formula is C14H17N3O2. The normalized spacial score (nSPS) is 10.3. The molecule has 0 aliphatic rings. The van der Waals surface area contributed by atoms with Crippen molar-refractivity contribution < 1.29 is 9.53 Å². The highest BCUT2D eigenvalue weighted by atomic mass is 16.5. The van der Waals surface area contributed by atoms with Gasteiger partial charge in [0.05, 0.1) is 31.1 Å². The topological polar surface area (TPSA) is 67.0 Å². The van der Waals surface area contributed by atoms with E-state index in [9.17, 15) is 4.79 Å². The van der Waals surface area contributed by atoms with Crippen LogP contribution >= 0.6 is 0 Å². The summed E-state index contributed by atoms with van der Waals surface area (Å²) in [6, 6.07) is 5.64. The van der Waals surface area contributed by atoms with Gasteiger partial charge in [-0.1, -0.05) is 11.6 Å². The van der Waals surface area contributed by atoms with Gasteiger partial charge < -0.3 is 15.0 Å². The Kier molecular flexibility index (Phi) is 3.85. The van der Waals surface area contributed by atoms with Crippen LogP contribution in [0.4, 0.5) is 5.69 Å². The molecule has 1 aromatic heterocycles. The molecule has 1 aromatic carbocycles. The third kappa shape index (κ3) is 3.13. The number of nitrogens with one attached hydrogen (secondary N) is 2. The van der Waals surface area contributed by atoms with E-state index in [0.29, 0.717) is 12.1 Å². The summed E-state index contributed by atoms with van der Waals surface area (Å²) in [6.45, 7) is 4.41. The summed E-state index contributed by atoms with van der Waals surface area (Å²) in [7, 11) is 1.38. The van der Waals surface area contributed by atoms with Crippen LogP contribution in [0.25, 0.3) is 0 Å². The second-order valence-corrected chi connectivity index (χ2v) is 4.39. The zero-order chi connectivity index (χ0) is 13.8. The lowest BCUT2D eigenvalue weighted by molar-refractivity contribution is 0.0601. The van der Waals surface area contributed by atoms with E-state index >= 15 is 0 Å². The molecule has 0 amide bonds. The molecule has 0 fully saturated rings. The number of anilines is 1. The maximum Gasteiger partial charge on any atom is 0.339 e. The van der Waals surface area contributed by atoms with Crippen LogP contribution in [0, 0.1) is 13.8 Å². The average molecular weight is 259 g/mol. The van der Waals surface area contributed by atoms with Crippen LogP contribution in [0.5, 0.6) is 0 Å². The number of hydrogen-bond donors (Lipinski definition) is 2. The number of imidazole rings is 1. The smallest absolute Gasteiger partial charge is 0.339 e. The first-order valence-corrected chi connectivity index (χ1v) is 6.03. The number of carbonyl (C=O) groups is 1. The molecule has 5 heteroatoms. The maximum absolute atomic E-state index is 11.7. The molecule has 0 saturated heterocycles. The number of aryl methyl sites for hydroxylation is 2. The highest BCUT2D eigenvalue weighted by molar-refractivity contribution is 5.95. The molecule has 0 atom stereocenters. The summed E-state index contributed by atoms with van der Waals surface area (Å²) < 4.78 is 4.79. The minimum atomic E-state index is -0.341. The fourth-order valence-electron chi connectivity index (χ4n) is 1.84. The predicted molar refractivity (Wildman–Crippen MR) is 73.2 cm³/mol. The van der Waals surface area contributed by atoms with E-state index in [0.717, 1.165) is 22.8 Å². The number of rotatable bonds is 4. The Morgan fingerprint density at radius 2 is 2.21 bits per heavy atom. The lowest BCUT2D eigenvalue weighted by Crippen LogP contribution is -2.08. The van der Waals surface area contributed by atoms with Gasteiger partial charge in [0.15, 0.2) is 0 Å². The standard InChI is InChI=1S/C14H17N3O2/c1-9-4-5-13(12(6-9)14(18)19-3)16-8-11-7-15-10(2)17-11/h4-7,16H,8H2,1-3H3,(H,15,17). The van der Waals surface area contributed by atoms with Gasteiger partial charge in [-0.25, -0.2) is 9.78 Å². The van der Waals surface area contributed by atoms with Gasteiger partial charge in [0.2, 0.25) is 0 Å². The highest BCUT2D eigenvalue weighted by Crippen LogP contribution is 2.19. The van der Waals surface area contributed by atoms with E-state index in [1.54, 1.807) is 6.20 Å². The Balaban J connectivity index is 2.17. The van der Waals surface area contributed by atoms with Crippen LogP contribution < -0.4 is 5.32 Å². The van der Waals surface area contributed by atoms with E-state index in [-0.39, 0.29) is 5.97 Å². The van der Waals surface area contributed by atoms with Crippen LogP contribution in [-0.4, -0.2) is 23.0 Å². The number of methoxy groups -OCH3 is 1. The molecule has 0 radical (unpaired) electrons. The fourth-order valence-corrected chi connectivity index (χ4v) is 1.84. The number of ether oxygens (including phenoxy) is 1. The molecule has 0 unspecified atom stereocenters. The molecule has 0 bridgehead atoms.